The summed E-state index contributed by atoms with van der Waals surface area (Å²) in [5.41, 5.74) is 1.02. The van der Waals surface area contributed by atoms with Crippen molar-refractivity contribution in [2.75, 3.05) is 12.4 Å². The van der Waals surface area contributed by atoms with E-state index in [-0.39, 0.29) is 22.9 Å². The van der Waals surface area contributed by atoms with Crippen LogP contribution in [0.1, 0.15) is 29.8 Å². The van der Waals surface area contributed by atoms with Crippen LogP contribution in [0.15, 0.2) is 6.07 Å². The molecule has 0 unspecified atom stereocenters. The summed E-state index contributed by atoms with van der Waals surface area (Å²) in [6, 6.07) is 1.55. The number of anilines is 1. The molecule has 0 radical (unpaired) electrons. The van der Waals surface area contributed by atoms with Crippen molar-refractivity contribution in [3.8, 4) is 11.5 Å². The first-order chi connectivity index (χ1) is 8.04. The molecule has 5 heteroatoms. The molecule has 0 aliphatic carbocycles. The molecule has 0 aromatic heterocycles. The summed E-state index contributed by atoms with van der Waals surface area (Å²) in [4.78, 5) is 21.9. The Balaban J connectivity index is 3.49. The molecule has 0 bridgehead atoms. The smallest absolute Gasteiger partial charge is 0.221 e. The summed E-state index contributed by atoms with van der Waals surface area (Å²) in [5.74, 6) is -0.237. The van der Waals surface area contributed by atoms with E-state index in [2.05, 4.69) is 5.32 Å². The van der Waals surface area contributed by atoms with Gasteiger partial charge in [-0.05, 0) is 18.1 Å². The van der Waals surface area contributed by atoms with Crippen LogP contribution >= 0.6 is 0 Å². The second-order valence-corrected chi connectivity index (χ2v) is 3.53. The Morgan fingerprint density at radius 1 is 1.59 bits per heavy atom. The van der Waals surface area contributed by atoms with E-state index in [0.29, 0.717) is 18.5 Å². The van der Waals surface area contributed by atoms with Crippen molar-refractivity contribution >= 4 is 17.9 Å². The van der Waals surface area contributed by atoms with Gasteiger partial charge in [-0.3, -0.25) is 9.59 Å². The molecule has 1 aromatic carbocycles. The highest BCUT2D eigenvalue weighted by Crippen LogP contribution is 2.39. The quantitative estimate of drug-likeness (QED) is 0.617. The molecule has 0 atom stereocenters. The zero-order valence-electron chi connectivity index (χ0n) is 10.0. The zero-order chi connectivity index (χ0) is 13.0. The molecular weight excluding hydrogens is 222 g/mol. The molecule has 0 heterocycles. The number of ether oxygens (including phenoxy) is 1. The molecular formula is C12H15NO4. The van der Waals surface area contributed by atoms with Crippen LogP contribution in [0.25, 0.3) is 0 Å². The van der Waals surface area contributed by atoms with Crippen LogP contribution in [0.5, 0.6) is 11.5 Å². The van der Waals surface area contributed by atoms with Gasteiger partial charge < -0.3 is 15.2 Å². The molecule has 1 rings (SSSR count). The maximum atomic E-state index is 11.1. The number of benzene rings is 1. The summed E-state index contributed by atoms with van der Waals surface area (Å²) in [6.45, 7) is 3.21. The molecule has 1 amide bonds. The van der Waals surface area contributed by atoms with Gasteiger partial charge in [0.1, 0.15) is 11.4 Å². The maximum Gasteiger partial charge on any atom is 0.221 e. The number of nitrogens with one attached hydrogen (secondary N) is 1. The highest BCUT2D eigenvalue weighted by atomic mass is 16.5. The summed E-state index contributed by atoms with van der Waals surface area (Å²) >= 11 is 0. The van der Waals surface area contributed by atoms with E-state index in [9.17, 15) is 14.7 Å². The van der Waals surface area contributed by atoms with E-state index in [1.54, 1.807) is 6.07 Å². The number of hydrogen-bond donors (Lipinski definition) is 2. The highest BCUT2D eigenvalue weighted by molar-refractivity contribution is 5.96. The lowest BCUT2D eigenvalue weighted by atomic mass is 10.0. The van der Waals surface area contributed by atoms with Crippen molar-refractivity contribution in [3.63, 3.8) is 0 Å². The lowest BCUT2D eigenvalue weighted by molar-refractivity contribution is -0.114. The molecule has 17 heavy (non-hydrogen) atoms. The Hall–Kier alpha value is -2.04. The number of aromatic hydroxyl groups is 1. The standard InChI is InChI=1S/C12H15NO4/c1-4-8-5-9(6-14)11(16)10(12(8)17-3)13-7(2)15/h5-6,16H,4H2,1-3H3,(H,13,15). The van der Waals surface area contributed by atoms with Gasteiger partial charge in [-0.15, -0.1) is 0 Å². The largest absolute Gasteiger partial charge is 0.505 e. The van der Waals surface area contributed by atoms with Crippen molar-refractivity contribution in [3.05, 3.63) is 17.2 Å². The third-order valence-corrected chi connectivity index (χ3v) is 2.37. The minimum Gasteiger partial charge on any atom is -0.505 e. The van der Waals surface area contributed by atoms with Gasteiger partial charge in [0.2, 0.25) is 5.91 Å². The Kier molecular flexibility index (Phi) is 4.09. The average Bonchev–Trinajstić information content (AvgIpc) is 2.30. The van der Waals surface area contributed by atoms with Gasteiger partial charge >= 0.3 is 0 Å². The zero-order valence-corrected chi connectivity index (χ0v) is 10.0. The third-order valence-electron chi connectivity index (χ3n) is 2.37. The Morgan fingerprint density at radius 2 is 2.24 bits per heavy atom. The SMILES string of the molecule is CCc1cc(C=O)c(O)c(NC(C)=O)c1OC. The predicted molar refractivity (Wildman–Crippen MR) is 63.7 cm³/mol. The molecule has 0 saturated carbocycles. The third kappa shape index (κ3) is 2.55. The molecule has 0 aliphatic heterocycles. The molecule has 92 valence electrons. The number of carbonyl (C=O) groups is 2. The number of phenols is 1. The first-order valence-corrected chi connectivity index (χ1v) is 5.20. The topological polar surface area (TPSA) is 75.6 Å². The van der Waals surface area contributed by atoms with Gasteiger partial charge in [0.25, 0.3) is 0 Å². The lowest BCUT2D eigenvalue weighted by Gasteiger charge is -2.15. The minimum atomic E-state index is -0.344. The summed E-state index contributed by atoms with van der Waals surface area (Å²) in [6.07, 6.45) is 1.16. The molecule has 2 N–H and O–H groups in total. The normalized spacial score (nSPS) is 9.82. The van der Waals surface area contributed by atoms with Crippen molar-refractivity contribution < 1.29 is 19.4 Å². The second kappa shape index (κ2) is 5.34. The van der Waals surface area contributed by atoms with Crippen LogP contribution in [0.2, 0.25) is 0 Å². The first kappa shape index (κ1) is 13.0. The van der Waals surface area contributed by atoms with E-state index in [4.69, 9.17) is 4.74 Å². The van der Waals surface area contributed by atoms with Gasteiger partial charge in [-0.1, -0.05) is 6.92 Å². The number of aryl methyl sites for hydroxylation is 1. The number of amides is 1. The minimum absolute atomic E-state index is 0.131. The molecule has 0 saturated heterocycles. The molecule has 0 aliphatic rings. The monoisotopic (exact) mass is 237 g/mol. The second-order valence-electron chi connectivity index (χ2n) is 3.53. The van der Waals surface area contributed by atoms with E-state index in [1.807, 2.05) is 6.92 Å². The van der Waals surface area contributed by atoms with Gasteiger partial charge in [-0.2, -0.15) is 0 Å². The number of aldehydes is 1. The number of rotatable bonds is 4. The maximum absolute atomic E-state index is 11.1. The molecule has 1 aromatic rings. The predicted octanol–water partition coefficient (Wildman–Crippen LogP) is 1.73. The molecule has 5 nitrogen and oxygen atoms in total. The van der Waals surface area contributed by atoms with E-state index < -0.39 is 0 Å². The van der Waals surface area contributed by atoms with Crippen molar-refractivity contribution in [1.82, 2.24) is 0 Å². The first-order valence-electron chi connectivity index (χ1n) is 5.20. The van der Waals surface area contributed by atoms with Gasteiger partial charge in [0.15, 0.2) is 12.0 Å². The lowest BCUT2D eigenvalue weighted by Crippen LogP contribution is -2.09. The highest BCUT2D eigenvalue weighted by Gasteiger charge is 2.18. The van der Waals surface area contributed by atoms with Crippen molar-refractivity contribution in [2.45, 2.75) is 20.3 Å². The van der Waals surface area contributed by atoms with Crippen molar-refractivity contribution in [1.29, 1.82) is 0 Å². The number of hydrogen-bond acceptors (Lipinski definition) is 4. The van der Waals surface area contributed by atoms with Crippen LogP contribution in [-0.2, 0) is 11.2 Å². The van der Waals surface area contributed by atoms with Crippen LogP contribution < -0.4 is 10.1 Å². The molecule has 0 fully saturated rings. The van der Waals surface area contributed by atoms with Crippen LogP contribution in [0.4, 0.5) is 5.69 Å². The van der Waals surface area contributed by atoms with Crippen molar-refractivity contribution in [2.24, 2.45) is 0 Å². The Labute approximate surface area is 99.4 Å². The Morgan fingerprint density at radius 3 is 2.65 bits per heavy atom. The number of phenolic OH excluding ortho intramolecular Hbond substituents is 1. The fourth-order valence-corrected chi connectivity index (χ4v) is 1.61. The van der Waals surface area contributed by atoms with Crippen LogP contribution in [0.3, 0.4) is 0 Å². The number of methoxy groups -OCH3 is 1. The summed E-state index contributed by atoms with van der Waals surface area (Å²) in [7, 11) is 1.44. The van der Waals surface area contributed by atoms with Gasteiger partial charge in [0, 0.05) is 6.92 Å². The molecule has 0 spiro atoms. The van der Waals surface area contributed by atoms with Crippen LogP contribution in [-0.4, -0.2) is 24.4 Å². The van der Waals surface area contributed by atoms with Crippen LogP contribution in [0, 0.1) is 0 Å². The average molecular weight is 237 g/mol. The van der Waals surface area contributed by atoms with E-state index in [0.717, 1.165) is 5.56 Å². The van der Waals surface area contributed by atoms with E-state index >= 15 is 0 Å². The van der Waals surface area contributed by atoms with Gasteiger partial charge in [0.05, 0.1) is 12.7 Å². The van der Waals surface area contributed by atoms with E-state index in [1.165, 1.54) is 14.0 Å². The number of carbonyl (C=O) groups excluding carboxylic acids is 2. The van der Waals surface area contributed by atoms with Gasteiger partial charge in [-0.25, -0.2) is 0 Å². The fraction of sp³-hybridized carbons (Fsp3) is 0.333. The summed E-state index contributed by atoms with van der Waals surface area (Å²) < 4.78 is 5.16. The fourth-order valence-electron chi connectivity index (χ4n) is 1.61. The summed E-state index contributed by atoms with van der Waals surface area (Å²) in [5, 5.41) is 12.3. The Bertz CT molecular complexity index is 454.